The van der Waals surface area contributed by atoms with Crippen LogP contribution in [-0.4, -0.2) is 27.2 Å². The Morgan fingerprint density at radius 1 is 1.30 bits per heavy atom. The first-order valence-corrected chi connectivity index (χ1v) is 9.31. The number of amides is 1. The SMILES string of the molecule is COc1ccc(CN2C(=O)/C(=C\c3ccc(Cl)c([N+](=O)[O-])c3)SC2=S)cc1. The van der Waals surface area contributed by atoms with Crippen molar-refractivity contribution < 1.29 is 14.5 Å². The normalized spacial score (nSPS) is 15.5. The standard InChI is InChI=1S/C18H13ClN2O4S2/c1-25-13-5-2-11(3-6-13)10-20-17(22)16(27-18(20)26)9-12-4-7-14(19)15(8-12)21(23)24/h2-9H,10H2,1H3/b16-9+. The lowest BCUT2D eigenvalue weighted by Crippen LogP contribution is -2.27. The lowest BCUT2D eigenvalue weighted by molar-refractivity contribution is -0.384. The lowest BCUT2D eigenvalue weighted by Gasteiger charge is -2.14. The highest BCUT2D eigenvalue weighted by Gasteiger charge is 2.32. The van der Waals surface area contributed by atoms with Crippen molar-refractivity contribution in [3.63, 3.8) is 0 Å². The molecule has 0 radical (unpaired) electrons. The summed E-state index contributed by atoms with van der Waals surface area (Å²) in [5.41, 5.74) is 1.21. The number of nitro benzene ring substituents is 1. The van der Waals surface area contributed by atoms with E-state index in [9.17, 15) is 14.9 Å². The second-order valence-electron chi connectivity index (χ2n) is 5.58. The number of nitro groups is 1. The van der Waals surface area contributed by atoms with Gasteiger partial charge in [-0.3, -0.25) is 19.8 Å². The number of halogens is 1. The van der Waals surface area contributed by atoms with Crippen LogP contribution in [0.25, 0.3) is 6.08 Å². The fraction of sp³-hybridized carbons (Fsp3) is 0.111. The number of thiocarbonyl (C=S) groups is 1. The maximum absolute atomic E-state index is 12.7. The van der Waals surface area contributed by atoms with Crippen LogP contribution in [-0.2, 0) is 11.3 Å². The highest BCUT2D eigenvalue weighted by molar-refractivity contribution is 8.26. The molecule has 6 nitrogen and oxygen atoms in total. The van der Waals surface area contributed by atoms with E-state index >= 15 is 0 Å². The average Bonchev–Trinajstić information content (AvgIpc) is 2.91. The monoisotopic (exact) mass is 420 g/mol. The van der Waals surface area contributed by atoms with Gasteiger partial charge in [-0.15, -0.1) is 0 Å². The van der Waals surface area contributed by atoms with Gasteiger partial charge in [0, 0.05) is 6.07 Å². The summed E-state index contributed by atoms with van der Waals surface area (Å²) in [7, 11) is 1.59. The van der Waals surface area contributed by atoms with Crippen molar-refractivity contribution >= 4 is 57.6 Å². The molecule has 1 fully saturated rings. The van der Waals surface area contributed by atoms with Gasteiger partial charge in [0.2, 0.25) is 0 Å². The second-order valence-corrected chi connectivity index (χ2v) is 7.67. The Hall–Kier alpha value is -2.42. The van der Waals surface area contributed by atoms with E-state index in [-0.39, 0.29) is 16.6 Å². The number of hydrogen-bond donors (Lipinski definition) is 0. The zero-order valence-electron chi connectivity index (χ0n) is 14.0. The highest BCUT2D eigenvalue weighted by Crippen LogP contribution is 2.35. The van der Waals surface area contributed by atoms with E-state index in [1.807, 2.05) is 24.3 Å². The molecule has 0 spiro atoms. The van der Waals surface area contributed by atoms with Crippen LogP contribution in [0, 0.1) is 10.1 Å². The molecule has 0 N–H and O–H groups in total. The summed E-state index contributed by atoms with van der Waals surface area (Å²) in [5, 5.41) is 11.1. The molecule has 138 valence electrons. The minimum absolute atomic E-state index is 0.0456. The highest BCUT2D eigenvalue weighted by atomic mass is 35.5. The minimum Gasteiger partial charge on any atom is -0.497 e. The quantitative estimate of drug-likeness (QED) is 0.303. The number of rotatable bonds is 5. The van der Waals surface area contributed by atoms with Gasteiger partial charge in [-0.05, 0) is 35.4 Å². The van der Waals surface area contributed by atoms with Gasteiger partial charge >= 0.3 is 0 Å². The molecule has 0 aromatic heterocycles. The van der Waals surface area contributed by atoms with Crippen molar-refractivity contribution in [3.8, 4) is 5.75 Å². The van der Waals surface area contributed by atoms with Crippen molar-refractivity contribution in [1.29, 1.82) is 0 Å². The van der Waals surface area contributed by atoms with E-state index in [1.165, 1.54) is 17.0 Å². The topological polar surface area (TPSA) is 72.7 Å². The smallest absolute Gasteiger partial charge is 0.288 e. The number of carbonyl (C=O) groups excluding carboxylic acids is 1. The van der Waals surface area contributed by atoms with E-state index in [1.54, 1.807) is 19.3 Å². The van der Waals surface area contributed by atoms with Crippen molar-refractivity contribution in [1.82, 2.24) is 4.90 Å². The Balaban J connectivity index is 1.81. The van der Waals surface area contributed by atoms with Gasteiger partial charge in [0.15, 0.2) is 0 Å². The molecule has 27 heavy (non-hydrogen) atoms. The summed E-state index contributed by atoms with van der Waals surface area (Å²) < 4.78 is 5.56. The van der Waals surface area contributed by atoms with E-state index in [4.69, 9.17) is 28.6 Å². The summed E-state index contributed by atoms with van der Waals surface area (Å²) in [6.07, 6.45) is 1.58. The maximum Gasteiger partial charge on any atom is 0.288 e. The van der Waals surface area contributed by atoms with Crippen molar-refractivity contribution in [3.05, 3.63) is 73.6 Å². The van der Waals surface area contributed by atoms with E-state index < -0.39 is 4.92 Å². The molecule has 0 unspecified atom stereocenters. The summed E-state index contributed by atoms with van der Waals surface area (Å²) in [6, 6.07) is 11.7. The molecule has 1 amide bonds. The Morgan fingerprint density at radius 2 is 2.00 bits per heavy atom. The zero-order valence-corrected chi connectivity index (χ0v) is 16.4. The molecule has 1 aliphatic heterocycles. The van der Waals surface area contributed by atoms with Gasteiger partial charge < -0.3 is 4.74 Å². The molecule has 9 heteroatoms. The predicted octanol–water partition coefficient (Wildman–Crippen LogP) is 4.66. The fourth-order valence-corrected chi connectivity index (χ4v) is 3.90. The van der Waals surface area contributed by atoms with Crippen LogP contribution in [0.15, 0.2) is 47.4 Å². The molecule has 1 aliphatic rings. The third kappa shape index (κ3) is 4.29. The lowest BCUT2D eigenvalue weighted by atomic mass is 10.1. The largest absolute Gasteiger partial charge is 0.497 e. The molecule has 0 aliphatic carbocycles. The first kappa shape index (κ1) is 19.3. The van der Waals surface area contributed by atoms with Crippen molar-refractivity contribution in [2.45, 2.75) is 6.54 Å². The van der Waals surface area contributed by atoms with Crippen LogP contribution in [0.2, 0.25) is 5.02 Å². The summed E-state index contributed by atoms with van der Waals surface area (Å²) in [4.78, 5) is 25.1. The van der Waals surface area contributed by atoms with Crippen molar-refractivity contribution in [2.75, 3.05) is 7.11 Å². The first-order chi connectivity index (χ1) is 12.9. The fourth-order valence-electron chi connectivity index (χ4n) is 2.46. The van der Waals surface area contributed by atoms with Gasteiger partial charge in [0.05, 0.1) is 23.5 Å². The number of benzene rings is 2. The molecule has 2 aromatic rings. The molecule has 1 heterocycles. The molecule has 0 bridgehead atoms. The number of thioether (sulfide) groups is 1. The van der Waals surface area contributed by atoms with Gasteiger partial charge in [0.1, 0.15) is 15.1 Å². The van der Waals surface area contributed by atoms with E-state index in [2.05, 4.69) is 0 Å². The molecule has 0 atom stereocenters. The van der Waals surface area contributed by atoms with Crippen LogP contribution >= 0.6 is 35.6 Å². The maximum atomic E-state index is 12.7. The minimum atomic E-state index is -0.561. The molecule has 0 saturated carbocycles. The Kier molecular flexibility index (Phi) is 5.79. The molecule has 3 rings (SSSR count). The summed E-state index contributed by atoms with van der Waals surface area (Å²) in [5.74, 6) is 0.492. The van der Waals surface area contributed by atoms with Gasteiger partial charge in [-0.25, -0.2) is 0 Å². The number of carbonyl (C=O) groups is 1. The number of methoxy groups -OCH3 is 1. The van der Waals surface area contributed by atoms with Crippen LogP contribution in [0.5, 0.6) is 5.75 Å². The molecular weight excluding hydrogens is 408 g/mol. The molecule has 2 aromatic carbocycles. The Labute approximate surface area is 169 Å². The molecule has 1 saturated heterocycles. The first-order valence-electron chi connectivity index (χ1n) is 7.71. The van der Waals surface area contributed by atoms with E-state index in [0.29, 0.717) is 21.3 Å². The second kappa shape index (κ2) is 8.08. The Morgan fingerprint density at radius 3 is 2.63 bits per heavy atom. The average molecular weight is 421 g/mol. The van der Waals surface area contributed by atoms with Crippen LogP contribution in [0.3, 0.4) is 0 Å². The van der Waals surface area contributed by atoms with Crippen molar-refractivity contribution in [2.24, 2.45) is 0 Å². The van der Waals surface area contributed by atoms with Crippen LogP contribution in [0.4, 0.5) is 5.69 Å². The summed E-state index contributed by atoms with van der Waals surface area (Å²) >= 11 is 12.3. The Bertz CT molecular complexity index is 960. The van der Waals surface area contributed by atoms with E-state index in [0.717, 1.165) is 23.1 Å². The predicted molar refractivity (Wildman–Crippen MR) is 110 cm³/mol. The zero-order chi connectivity index (χ0) is 19.6. The third-order valence-corrected chi connectivity index (χ3v) is 5.54. The third-order valence-electron chi connectivity index (χ3n) is 3.84. The van der Waals surface area contributed by atoms with Gasteiger partial charge in [-0.2, -0.15) is 0 Å². The van der Waals surface area contributed by atoms with Gasteiger partial charge in [0.25, 0.3) is 11.6 Å². The van der Waals surface area contributed by atoms with Crippen LogP contribution in [0.1, 0.15) is 11.1 Å². The number of nitrogens with zero attached hydrogens (tertiary/aromatic N) is 2. The number of ether oxygens (including phenoxy) is 1. The van der Waals surface area contributed by atoms with Crippen LogP contribution < -0.4 is 4.74 Å². The number of hydrogen-bond acceptors (Lipinski definition) is 6. The molecular formula is C18H13ClN2O4S2. The van der Waals surface area contributed by atoms with Gasteiger partial charge in [-0.1, -0.05) is 53.8 Å². The summed E-state index contributed by atoms with van der Waals surface area (Å²) in [6.45, 7) is 0.340.